The first-order valence-electron chi connectivity index (χ1n) is 25.2. The van der Waals surface area contributed by atoms with E-state index in [9.17, 15) is 0 Å². The van der Waals surface area contributed by atoms with Crippen LogP contribution in [0.1, 0.15) is 155 Å². The Morgan fingerprint density at radius 3 is 1.51 bits per heavy atom. The van der Waals surface area contributed by atoms with Crippen LogP contribution >= 0.6 is 34.0 Å². The summed E-state index contributed by atoms with van der Waals surface area (Å²) >= 11 is 5.38. The molecule has 0 aliphatic carbocycles. The maximum atomic E-state index is 5.52. The Morgan fingerprint density at radius 1 is 0.437 bits per heavy atom. The number of thiazole rings is 3. The number of aryl methyl sites for hydroxylation is 3. The number of fused-ring (bicyclic) bond motifs is 5. The van der Waals surface area contributed by atoms with Crippen LogP contribution in [0, 0.1) is 32.6 Å². The molecule has 4 aromatic heterocycles. The minimum atomic E-state index is 0.359. The molecular weight excluding hydrogens is 929 g/mol. The lowest BCUT2D eigenvalue weighted by Crippen LogP contribution is -2.06. The van der Waals surface area contributed by atoms with Gasteiger partial charge in [-0.3, -0.25) is 9.98 Å². The van der Waals surface area contributed by atoms with Crippen molar-refractivity contribution in [2.75, 3.05) is 0 Å². The molecule has 0 saturated carbocycles. The Kier molecular flexibility index (Phi) is 19.7. The number of para-hydroxylation sites is 4. The number of rotatable bonds is 6. The first-order chi connectivity index (χ1) is 33.8. The van der Waals surface area contributed by atoms with E-state index in [1.54, 1.807) is 34.0 Å². The average molecular weight is 1000 g/mol. The Labute approximate surface area is 435 Å². The third-order valence-corrected chi connectivity index (χ3v) is 15.5. The molecule has 0 bridgehead atoms. The van der Waals surface area contributed by atoms with Crippen molar-refractivity contribution in [3.05, 3.63) is 163 Å². The summed E-state index contributed by atoms with van der Waals surface area (Å²) in [5, 5.41) is 3.71. The smallest absolute Gasteiger partial charge is 0.198 e. The molecule has 0 radical (unpaired) electrons. The number of aliphatic imine (C=N–C) groups is 2. The molecule has 0 N–H and O–H groups in total. The number of nitrogens with zero attached hydrogens (tertiary/aromatic N) is 6. The fraction of sp³-hybridized carbons (Fsp3) is 0.377. The molecule has 0 atom stereocenters. The molecule has 372 valence electrons. The zero-order valence-electron chi connectivity index (χ0n) is 44.7. The van der Waals surface area contributed by atoms with Crippen LogP contribution in [-0.2, 0) is 12.8 Å². The summed E-state index contributed by atoms with van der Waals surface area (Å²) in [6.07, 6.45) is 4.03. The van der Waals surface area contributed by atoms with Crippen molar-refractivity contribution < 1.29 is 4.42 Å². The molecule has 11 rings (SSSR count). The lowest BCUT2D eigenvalue weighted by Gasteiger charge is -2.01. The van der Waals surface area contributed by atoms with Crippen molar-refractivity contribution in [2.24, 2.45) is 21.8 Å². The van der Waals surface area contributed by atoms with Gasteiger partial charge in [-0.15, -0.1) is 34.0 Å². The molecule has 6 heterocycles. The topological polar surface area (TPSA) is 89.4 Å². The predicted octanol–water partition coefficient (Wildman–Crippen LogP) is 18.9. The highest BCUT2D eigenvalue weighted by atomic mass is 32.1. The van der Waals surface area contributed by atoms with Crippen LogP contribution in [0.2, 0.25) is 0 Å². The molecule has 2 aliphatic rings. The van der Waals surface area contributed by atoms with E-state index >= 15 is 0 Å². The molecular formula is C61H74N6OS3. The van der Waals surface area contributed by atoms with Gasteiger partial charge in [0, 0.05) is 59.0 Å². The van der Waals surface area contributed by atoms with Gasteiger partial charge in [0.2, 0.25) is 0 Å². The zero-order chi connectivity index (χ0) is 51.4. The van der Waals surface area contributed by atoms with Crippen LogP contribution in [0.5, 0.6) is 0 Å². The molecule has 0 spiro atoms. The predicted molar refractivity (Wildman–Crippen MR) is 310 cm³/mol. The summed E-state index contributed by atoms with van der Waals surface area (Å²) in [6, 6.07) is 37.5. The summed E-state index contributed by atoms with van der Waals surface area (Å²) in [6.45, 7) is 32.3. The number of benzene rings is 5. The van der Waals surface area contributed by atoms with Crippen LogP contribution in [-0.4, -0.2) is 31.4 Å². The highest BCUT2D eigenvalue weighted by Gasteiger charge is 2.17. The van der Waals surface area contributed by atoms with Gasteiger partial charge in [0.15, 0.2) is 11.5 Å². The third kappa shape index (κ3) is 15.7. The molecule has 0 amide bonds. The average Bonchev–Trinajstić information content (AvgIpc) is 4.20. The summed E-state index contributed by atoms with van der Waals surface area (Å²) in [4.78, 5) is 28.2. The van der Waals surface area contributed by atoms with E-state index in [-0.39, 0.29) is 0 Å². The van der Waals surface area contributed by atoms with Gasteiger partial charge in [0.1, 0.15) is 5.52 Å². The number of hydrogen-bond acceptors (Lipinski definition) is 10. The highest BCUT2D eigenvalue weighted by Crippen LogP contribution is 2.31. The molecule has 2 aliphatic heterocycles. The molecule has 10 heteroatoms. The Bertz CT molecular complexity index is 3030. The van der Waals surface area contributed by atoms with Crippen molar-refractivity contribution >= 4 is 88.3 Å². The van der Waals surface area contributed by atoms with Crippen molar-refractivity contribution in [1.29, 1.82) is 0 Å². The first kappa shape index (κ1) is 54.6. The summed E-state index contributed by atoms with van der Waals surface area (Å²) in [5.74, 6) is 4.00. The molecule has 0 saturated heterocycles. The van der Waals surface area contributed by atoms with Crippen molar-refractivity contribution in [1.82, 2.24) is 19.9 Å². The number of hydrogen-bond donors (Lipinski definition) is 0. The molecule has 71 heavy (non-hydrogen) atoms. The van der Waals surface area contributed by atoms with Crippen LogP contribution in [0.4, 0.5) is 11.4 Å². The maximum absolute atomic E-state index is 5.52. The van der Waals surface area contributed by atoms with Crippen LogP contribution < -0.4 is 0 Å². The monoisotopic (exact) mass is 1000 g/mol. The number of oxazole rings is 1. The SMILES string of the molecule is CC(C)C1=Nc2ccccc2C1.CC(C)c1nc2ccccc2o1.CC(C)c1nc2ccccc2s1.Cc1ccc2c(c1)N=C(C(C)C)C2.Cc1ccc2sc(C(C)C)nc2c1.Cc1cnc(C(C)C)s1. The normalized spacial score (nSPS) is 12.4. The van der Waals surface area contributed by atoms with Gasteiger partial charge in [-0.05, 0) is 103 Å². The van der Waals surface area contributed by atoms with Crippen molar-refractivity contribution in [2.45, 2.75) is 140 Å². The van der Waals surface area contributed by atoms with E-state index in [1.165, 1.54) is 74.4 Å². The minimum Gasteiger partial charge on any atom is -0.440 e. The fourth-order valence-electron chi connectivity index (χ4n) is 7.36. The van der Waals surface area contributed by atoms with Gasteiger partial charge in [-0.2, -0.15) is 0 Å². The highest BCUT2D eigenvalue weighted by molar-refractivity contribution is 7.19. The van der Waals surface area contributed by atoms with E-state index < -0.39 is 0 Å². The third-order valence-electron chi connectivity index (χ3n) is 11.6. The first-order valence-corrected chi connectivity index (χ1v) is 27.6. The summed E-state index contributed by atoms with van der Waals surface area (Å²) < 4.78 is 8.11. The quantitative estimate of drug-likeness (QED) is 0.166. The van der Waals surface area contributed by atoms with Crippen molar-refractivity contribution in [3.8, 4) is 0 Å². The Morgan fingerprint density at radius 2 is 0.958 bits per heavy atom. The van der Waals surface area contributed by atoms with Gasteiger partial charge >= 0.3 is 0 Å². The summed E-state index contributed by atoms with van der Waals surface area (Å²) in [5.41, 5.74) is 14.4. The lowest BCUT2D eigenvalue weighted by atomic mass is 10.0. The molecule has 9 aromatic rings. The van der Waals surface area contributed by atoms with Crippen LogP contribution in [0.25, 0.3) is 31.5 Å². The second kappa shape index (κ2) is 25.6. The van der Waals surface area contributed by atoms with Gasteiger partial charge < -0.3 is 4.42 Å². The van der Waals surface area contributed by atoms with E-state index in [4.69, 9.17) is 4.42 Å². The molecule has 0 unspecified atom stereocenters. The van der Waals surface area contributed by atoms with E-state index in [1.807, 2.05) is 42.6 Å². The zero-order valence-corrected chi connectivity index (χ0v) is 47.1. The van der Waals surface area contributed by atoms with E-state index in [2.05, 4.69) is 207 Å². The molecule has 5 aromatic carbocycles. The van der Waals surface area contributed by atoms with Gasteiger partial charge in [0.05, 0.1) is 46.8 Å². The lowest BCUT2D eigenvalue weighted by molar-refractivity contribution is 0.501. The Hall–Kier alpha value is -5.68. The summed E-state index contributed by atoms with van der Waals surface area (Å²) in [7, 11) is 0. The standard InChI is InChI=1S/C12H15N.C11H13NS.C11H13N.C10H11NO.C10H11NS.C7H11NS/c1-8(2)11-7-10-5-4-9(3)6-12(10)13-11;1-7(2)11-12-9-6-8(3)4-5-10(9)13-11;1-8(2)11-7-9-5-3-4-6-10(9)12-11;2*1-7(2)10-11-8-5-3-4-6-9(8)12-10;1-5(2)7-8-4-6(3)9-7/h4-6,8H,7H2,1-3H3;4-7H,1-3H3;3-6,8H,7H2,1-2H3;2*3-7H,1-2H3;4-5H,1-3H3. The fourth-order valence-corrected chi connectivity index (χ4v) is 10.1. The van der Waals surface area contributed by atoms with E-state index in [0.29, 0.717) is 35.5 Å². The van der Waals surface area contributed by atoms with Gasteiger partial charge in [-0.1, -0.05) is 144 Å². The van der Waals surface area contributed by atoms with Crippen LogP contribution in [0.3, 0.4) is 0 Å². The van der Waals surface area contributed by atoms with E-state index in [0.717, 1.165) is 40.9 Å². The second-order valence-electron chi connectivity index (χ2n) is 20.1. The largest absolute Gasteiger partial charge is 0.440 e. The van der Waals surface area contributed by atoms with Gasteiger partial charge in [0.25, 0.3) is 0 Å². The number of aromatic nitrogens is 4. The Balaban J connectivity index is 0.000000140. The minimum absolute atomic E-state index is 0.359. The maximum Gasteiger partial charge on any atom is 0.198 e. The molecule has 0 fully saturated rings. The van der Waals surface area contributed by atoms with Crippen LogP contribution in [0.15, 0.2) is 130 Å². The van der Waals surface area contributed by atoms with Gasteiger partial charge in [-0.25, -0.2) is 19.9 Å². The van der Waals surface area contributed by atoms with Crippen molar-refractivity contribution in [3.63, 3.8) is 0 Å². The molecule has 7 nitrogen and oxygen atoms in total. The second-order valence-corrected chi connectivity index (χ2v) is 23.5.